The molecule has 0 unspecified atom stereocenters. The Kier molecular flexibility index (Phi) is 6.37. The van der Waals surface area contributed by atoms with Gasteiger partial charge >= 0.3 is 6.18 Å². The number of benzene rings is 1. The molecule has 27 heavy (non-hydrogen) atoms. The van der Waals surface area contributed by atoms with Gasteiger partial charge in [0, 0.05) is 18.0 Å². The Balaban J connectivity index is 2.21. The van der Waals surface area contributed by atoms with Gasteiger partial charge in [-0.1, -0.05) is 11.6 Å². The standard InChI is InChI=1S/C17H16ClF3N2O4/c1-3-27-13-5-4-11(7-14(13)26-2)22-15(24)9-23-8-10(17(19,20)21)6-12(18)16(23)25/h4-8H,3,9H2,1-2H3,(H,22,24). The summed E-state index contributed by atoms with van der Waals surface area (Å²) in [5, 5.41) is 1.86. The number of halogens is 4. The Labute approximate surface area is 157 Å². The van der Waals surface area contributed by atoms with Gasteiger partial charge in [-0.25, -0.2) is 0 Å². The maximum atomic E-state index is 12.8. The number of nitrogens with one attached hydrogen (secondary N) is 1. The van der Waals surface area contributed by atoms with Gasteiger partial charge in [-0.3, -0.25) is 9.59 Å². The number of alkyl halides is 3. The molecule has 1 aromatic heterocycles. The van der Waals surface area contributed by atoms with E-state index in [-0.39, 0.29) is 0 Å². The second-order valence-corrected chi connectivity index (χ2v) is 5.76. The second kappa shape index (κ2) is 8.34. The van der Waals surface area contributed by atoms with E-state index in [2.05, 4.69) is 5.32 Å². The highest BCUT2D eigenvalue weighted by Crippen LogP contribution is 2.31. The van der Waals surface area contributed by atoms with Gasteiger partial charge in [0.05, 0.1) is 19.3 Å². The van der Waals surface area contributed by atoms with Crippen molar-refractivity contribution < 1.29 is 27.4 Å². The van der Waals surface area contributed by atoms with Crippen molar-refractivity contribution in [1.29, 1.82) is 0 Å². The Hall–Kier alpha value is -2.68. The molecule has 0 spiro atoms. The van der Waals surface area contributed by atoms with Gasteiger partial charge in [-0.15, -0.1) is 0 Å². The van der Waals surface area contributed by atoms with E-state index in [4.69, 9.17) is 21.1 Å². The number of rotatable bonds is 6. The minimum atomic E-state index is -4.70. The molecule has 146 valence electrons. The van der Waals surface area contributed by atoms with E-state index in [0.29, 0.717) is 40.6 Å². The summed E-state index contributed by atoms with van der Waals surface area (Å²) in [6.07, 6.45) is -4.15. The Bertz CT molecular complexity index is 897. The predicted molar refractivity (Wildman–Crippen MR) is 93.5 cm³/mol. The Morgan fingerprint density at radius 2 is 1.96 bits per heavy atom. The zero-order valence-corrected chi connectivity index (χ0v) is 15.1. The first kappa shape index (κ1) is 20.6. The van der Waals surface area contributed by atoms with Crippen LogP contribution in [0, 0.1) is 0 Å². The van der Waals surface area contributed by atoms with Crippen molar-refractivity contribution in [1.82, 2.24) is 4.57 Å². The van der Waals surface area contributed by atoms with Crippen LogP contribution in [0.4, 0.5) is 18.9 Å². The largest absolute Gasteiger partial charge is 0.493 e. The molecule has 0 aliphatic rings. The number of carbonyl (C=O) groups excluding carboxylic acids is 1. The molecule has 0 saturated heterocycles. The molecular formula is C17H16ClF3N2O4. The third-order valence-electron chi connectivity index (χ3n) is 3.43. The predicted octanol–water partition coefficient (Wildman–Crippen LogP) is 3.57. The lowest BCUT2D eigenvalue weighted by Crippen LogP contribution is -2.29. The minimum Gasteiger partial charge on any atom is -0.493 e. The molecule has 1 aromatic carbocycles. The number of hydrogen-bond donors (Lipinski definition) is 1. The van der Waals surface area contributed by atoms with Crippen molar-refractivity contribution in [2.24, 2.45) is 0 Å². The van der Waals surface area contributed by atoms with Crippen LogP contribution < -0.4 is 20.3 Å². The fourth-order valence-corrected chi connectivity index (χ4v) is 2.47. The molecule has 2 rings (SSSR count). The molecule has 1 amide bonds. The normalized spacial score (nSPS) is 11.2. The van der Waals surface area contributed by atoms with Crippen LogP contribution in [0.3, 0.4) is 0 Å². The fraction of sp³-hybridized carbons (Fsp3) is 0.294. The van der Waals surface area contributed by atoms with E-state index in [1.807, 2.05) is 0 Å². The first-order valence-corrected chi connectivity index (χ1v) is 8.11. The van der Waals surface area contributed by atoms with Crippen LogP contribution in [0.5, 0.6) is 11.5 Å². The van der Waals surface area contributed by atoms with Gasteiger partial charge in [0.1, 0.15) is 11.6 Å². The molecule has 0 bridgehead atoms. The summed E-state index contributed by atoms with van der Waals surface area (Å²) < 4.78 is 49.7. The maximum absolute atomic E-state index is 12.8. The summed E-state index contributed by atoms with van der Waals surface area (Å²) in [7, 11) is 1.42. The highest BCUT2D eigenvalue weighted by atomic mass is 35.5. The summed E-state index contributed by atoms with van der Waals surface area (Å²) in [6, 6.07) is 5.12. The maximum Gasteiger partial charge on any atom is 0.417 e. The number of ether oxygens (including phenoxy) is 2. The van der Waals surface area contributed by atoms with Crippen LogP contribution in [0.15, 0.2) is 35.3 Å². The highest BCUT2D eigenvalue weighted by molar-refractivity contribution is 6.30. The van der Waals surface area contributed by atoms with E-state index in [1.165, 1.54) is 19.2 Å². The Morgan fingerprint density at radius 3 is 2.56 bits per heavy atom. The number of aromatic nitrogens is 1. The molecule has 0 atom stereocenters. The van der Waals surface area contributed by atoms with Crippen LogP contribution in [0.1, 0.15) is 12.5 Å². The van der Waals surface area contributed by atoms with Crippen molar-refractivity contribution in [3.63, 3.8) is 0 Å². The summed E-state index contributed by atoms with van der Waals surface area (Å²) >= 11 is 5.56. The molecule has 0 fully saturated rings. The van der Waals surface area contributed by atoms with Gasteiger partial charge in [0.15, 0.2) is 11.5 Å². The zero-order valence-electron chi connectivity index (χ0n) is 14.4. The minimum absolute atomic E-state index is 0.325. The van der Waals surface area contributed by atoms with E-state index < -0.39 is 34.8 Å². The smallest absolute Gasteiger partial charge is 0.417 e. The molecule has 6 nitrogen and oxygen atoms in total. The molecule has 0 aliphatic carbocycles. The van der Waals surface area contributed by atoms with Gasteiger partial charge in [-0.05, 0) is 25.1 Å². The molecule has 1 heterocycles. The van der Waals surface area contributed by atoms with Crippen LogP contribution in [-0.2, 0) is 17.5 Å². The Morgan fingerprint density at radius 1 is 1.26 bits per heavy atom. The fourth-order valence-electron chi connectivity index (χ4n) is 2.25. The first-order chi connectivity index (χ1) is 12.7. The van der Waals surface area contributed by atoms with Gasteiger partial charge < -0.3 is 19.4 Å². The van der Waals surface area contributed by atoms with Gasteiger partial charge in [0.2, 0.25) is 5.91 Å². The molecule has 1 N–H and O–H groups in total. The molecule has 0 radical (unpaired) electrons. The third-order valence-corrected chi connectivity index (χ3v) is 3.70. The number of methoxy groups -OCH3 is 1. The average Bonchev–Trinajstić information content (AvgIpc) is 2.59. The van der Waals surface area contributed by atoms with Crippen LogP contribution >= 0.6 is 11.6 Å². The van der Waals surface area contributed by atoms with Crippen molar-refractivity contribution in [2.75, 3.05) is 19.0 Å². The quantitative estimate of drug-likeness (QED) is 0.799. The monoisotopic (exact) mass is 404 g/mol. The summed E-state index contributed by atoms with van der Waals surface area (Å²) in [4.78, 5) is 24.0. The van der Waals surface area contributed by atoms with Crippen molar-refractivity contribution in [3.8, 4) is 11.5 Å². The molecule has 2 aromatic rings. The number of pyridine rings is 1. The molecule has 0 saturated carbocycles. The summed E-state index contributed by atoms with van der Waals surface area (Å²) in [5.74, 6) is 0.131. The van der Waals surface area contributed by atoms with Crippen molar-refractivity contribution >= 4 is 23.2 Å². The van der Waals surface area contributed by atoms with E-state index in [0.717, 1.165) is 0 Å². The molecule has 0 aliphatic heterocycles. The third kappa shape index (κ3) is 5.16. The number of anilines is 1. The van der Waals surface area contributed by atoms with Gasteiger partial charge in [0.25, 0.3) is 5.56 Å². The lowest BCUT2D eigenvalue weighted by atomic mass is 10.2. The van der Waals surface area contributed by atoms with Crippen LogP contribution in [-0.4, -0.2) is 24.2 Å². The molecule has 10 heteroatoms. The second-order valence-electron chi connectivity index (χ2n) is 5.35. The van der Waals surface area contributed by atoms with E-state index in [9.17, 15) is 22.8 Å². The first-order valence-electron chi connectivity index (χ1n) is 7.73. The van der Waals surface area contributed by atoms with Crippen molar-refractivity contribution in [2.45, 2.75) is 19.6 Å². The SMILES string of the molecule is CCOc1ccc(NC(=O)Cn2cc(C(F)(F)F)cc(Cl)c2=O)cc1OC. The highest BCUT2D eigenvalue weighted by Gasteiger charge is 2.32. The zero-order chi connectivity index (χ0) is 20.2. The van der Waals surface area contributed by atoms with Gasteiger partial charge in [-0.2, -0.15) is 13.2 Å². The van der Waals surface area contributed by atoms with E-state index in [1.54, 1.807) is 13.0 Å². The number of amides is 1. The summed E-state index contributed by atoms with van der Waals surface area (Å²) in [6.45, 7) is 1.58. The number of carbonyl (C=O) groups is 1. The van der Waals surface area contributed by atoms with Crippen LogP contribution in [0.25, 0.3) is 0 Å². The molecular weight excluding hydrogens is 389 g/mol. The lowest BCUT2D eigenvalue weighted by Gasteiger charge is -2.13. The van der Waals surface area contributed by atoms with Crippen LogP contribution in [0.2, 0.25) is 5.02 Å². The summed E-state index contributed by atoms with van der Waals surface area (Å²) in [5.41, 5.74) is -1.70. The lowest BCUT2D eigenvalue weighted by molar-refractivity contribution is -0.138. The van der Waals surface area contributed by atoms with E-state index >= 15 is 0 Å². The topological polar surface area (TPSA) is 69.6 Å². The average molecular weight is 405 g/mol. The van der Waals surface area contributed by atoms with Crippen molar-refractivity contribution in [3.05, 3.63) is 51.4 Å². The number of hydrogen-bond acceptors (Lipinski definition) is 4. The number of nitrogens with zero attached hydrogens (tertiary/aromatic N) is 1.